The van der Waals surface area contributed by atoms with Gasteiger partial charge in [-0.3, -0.25) is 4.90 Å². The molecule has 1 aliphatic rings. The van der Waals surface area contributed by atoms with E-state index in [-0.39, 0.29) is 0 Å². The van der Waals surface area contributed by atoms with Gasteiger partial charge in [-0.25, -0.2) is 0 Å². The lowest BCUT2D eigenvalue weighted by Gasteiger charge is -2.40. The summed E-state index contributed by atoms with van der Waals surface area (Å²) in [5.41, 5.74) is 1.39. The molecule has 0 aromatic heterocycles. The summed E-state index contributed by atoms with van der Waals surface area (Å²) in [6.07, 6.45) is 1.17. The summed E-state index contributed by atoms with van der Waals surface area (Å²) < 4.78 is 10.7. The Kier molecular flexibility index (Phi) is 7.16. The molecule has 0 saturated carbocycles. The van der Waals surface area contributed by atoms with Gasteiger partial charge in [-0.1, -0.05) is 37.3 Å². The molecule has 1 aromatic rings. The van der Waals surface area contributed by atoms with Crippen molar-refractivity contribution in [1.29, 1.82) is 0 Å². The zero-order valence-corrected chi connectivity index (χ0v) is 13.3. The third-order valence-electron chi connectivity index (χ3n) is 4.13. The predicted molar refractivity (Wildman–Crippen MR) is 85.5 cm³/mol. The Labute approximate surface area is 128 Å². The van der Waals surface area contributed by atoms with Crippen molar-refractivity contribution in [3.8, 4) is 0 Å². The summed E-state index contributed by atoms with van der Waals surface area (Å²) in [6.45, 7) is 7.43. The molecular weight excluding hydrogens is 264 g/mol. The number of piperazine rings is 1. The quantitative estimate of drug-likeness (QED) is 0.744. The van der Waals surface area contributed by atoms with Crippen LogP contribution in [0.4, 0.5) is 0 Å². The Hall–Kier alpha value is -0.940. The van der Waals surface area contributed by atoms with E-state index in [0.29, 0.717) is 25.3 Å². The summed E-state index contributed by atoms with van der Waals surface area (Å²) in [4.78, 5) is 2.55. The monoisotopic (exact) mass is 292 g/mol. The SMILES string of the molecule is CCC1CN(CCOCCOC)C(c2ccccc2)CN1. The van der Waals surface area contributed by atoms with Crippen molar-refractivity contribution < 1.29 is 9.47 Å². The minimum Gasteiger partial charge on any atom is -0.382 e. The molecule has 0 amide bonds. The molecule has 118 valence electrons. The van der Waals surface area contributed by atoms with Gasteiger partial charge in [0.25, 0.3) is 0 Å². The Bertz CT molecular complexity index is 386. The van der Waals surface area contributed by atoms with E-state index in [1.54, 1.807) is 7.11 Å². The fourth-order valence-corrected chi connectivity index (χ4v) is 2.83. The van der Waals surface area contributed by atoms with Crippen LogP contribution in [0.15, 0.2) is 30.3 Å². The molecule has 1 fully saturated rings. The summed E-state index contributed by atoms with van der Waals surface area (Å²) in [6, 6.07) is 11.8. The number of nitrogens with one attached hydrogen (secondary N) is 1. The first kappa shape index (κ1) is 16.4. The summed E-state index contributed by atoms with van der Waals surface area (Å²) in [7, 11) is 1.71. The normalized spacial score (nSPS) is 23.3. The molecule has 0 spiro atoms. The molecule has 2 atom stereocenters. The van der Waals surface area contributed by atoms with Crippen LogP contribution in [0, 0.1) is 0 Å². The maximum absolute atomic E-state index is 5.64. The largest absolute Gasteiger partial charge is 0.382 e. The molecule has 21 heavy (non-hydrogen) atoms. The van der Waals surface area contributed by atoms with Crippen LogP contribution in [0.5, 0.6) is 0 Å². The second-order valence-corrected chi connectivity index (χ2v) is 5.54. The average molecular weight is 292 g/mol. The number of hydrogen-bond donors (Lipinski definition) is 1. The van der Waals surface area contributed by atoms with Gasteiger partial charge >= 0.3 is 0 Å². The Morgan fingerprint density at radius 2 is 2.00 bits per heavy atom. The van der Waals surface area contributed by atoms with Crippen LogP contribution < -0.4 is 5.32 Å². The first-order valence-corrected chi connectivity index (χ1v) is 7.94. The Morgan fingerprint density at radius 3 is 2.71 bits per heavy atom. The molecular formula is C17H28N2O2. The van der Waals surface area contributed by atoms with Gasteiger partial charge in [-0.05, 0) is 12.0 Å². The van der Waals surface area contributed by atoms with Gasteiger partial charge in [0.1, 0.15) is 0 Å². The van der Waals surface area contributed by atoms with Crippen molar-refractivity contribution in [1.82, 2.24) is 10.2 Å². The molecule has 1 heterocycles. The van der Waals surface area contributed by atoms with Gasteiger partial charge in [0.05, 0.1) is 19.8 Å². The van der Waals surface area contributed by atoms with Gasteiger partial charge in [0, 0.05) is 38.8 Å². The molecule has 1 aliphatic heterocycles. The molecule has 2 unspecified atom stereocenters. The van der Waals surface area contributed by atoms with Crippen LogP contribution in [0.25, 0.3) is 0 Å². The second kappa shape index (κ2) is 9.15. The zero-order chi connectivity index (χ0) is 14.9. The Morgan fingerprint density at radius 1 is 1.19 bits per heavy atom. The highest BCUT2D eigenvalue weighted by molar-refractivity contribution is 5.20. The lowest BCUT2D eigenvalue weighted by atomic mass is 10.0. The van der Waals surface area contributed by atoms with Crippen LogP contribution >= 0.6 is 0 Å². The van der Waals surface area contributed by atoms with Crippen molar-refractivity contribution in [3.05, 3.63) is 35.9 Å². The maximum atomic E-state index is 5.64. The number of methoxy groups -OCH3 is 1. The minimum absolute atomic E-state index is 0.444. The summed E-state index contributed by atoms with van der Waals surface area (Å²) >= 11 is 0. The van der Waals surface area contributed by atoms with Crippen LogP contribution in [0.2, 0.25) is 0 Å². The third-order valence-corrected chi connectivity index (χ3v) is 4.13. The number of nitrogens with zero attached hydrogens (tertiary/aromatic N) is 1. The average Bonchev–Trinajstić information content (AvgIpc) is 2.55. The van der Waals surface area contributed by atoms with E-state index in [0.717, 1.165) is 26.2 Å². The highest BCUT2D eigenvalue weighted by Crippen LogP contribution is 2.23. The van der Waals surface area contributed by atoms with Crippen molar-refractivity contribution in [3.63, 3.8) is 0 Å². The van der Waals surface area contributed by atoms with Crippen molar-refractivity contribution in [2.75, 3.05) is 46.6 Å². The zero-order valence-electron chi connectivity index (χ0n) is 13.3. The first-order valence-electron chi connectivity index (χ1n) is 7.94. The van der Waals surface area contributed by atoms with Crippen molar-refractivity contribution >= 4 is 0 Å². The molecule has 1 saturated heterocycles. The van der Waals surface area contributed by atoms with Crippen LogP contribution in [0.3, 0.4) is 0 Å². The van der Waals surface area contributed by atoms with Gasteiger partial charge in [-0.2, -0.15) is 0 Å². The van der Waals surface area contributed by atoms with Crippen LogP contribution in [-0.2, 0) is 9.47 Å². The first-order chi connectivity index (χ1) is 10.3. The van der Waals surface area contributed by atoms with Gasteiger partial charge in [-0.15, -0.1) is 0 Å². The van der Waals surface area contributed by atoms with E-state index in [9.17, 15) is 0 Å². The maximum Gasteiger partial charge on any atom is 0.0700 e. The Balaban J connectivity index is 1.90. The van der Waals surface area contributed by atoms with E-state index in [1.807, 2.05) is 0 Å². The topological polar surface area (TPSA) is 33.7 Å². The van der Waals surface area contributed by atoms with Crippen molar-refractivity contribution in [2.24, 2.45) is 0 Å². The fourth-order valence-electron chi connectivity index (χ4n) is 2.83. The minimum atomic E-state index is 0.444. The second-order valence-electron chi connectivity index (χ2n) is 5.54. The molecule has 2 rings (SSSR count). The van der Waals surface area contributed by atoms with E-state index in [1.165, 1.54) is 12.0 Å². The van der Waals surface area contributed by atoms with Gasteiger partial charge < -0.3 is 14.8 Å². The lowest BCUT2D eigenvalue weighted by molar-refractivity contribution is 0.0387. The van der Waals surface area contributed by atoms with Crippen molar-refractivity contribution in [2.45, 2.75) is 25.4 Å². The van der Waals surface area contributed by atoms with E-state index in [2.05, 4.69) is 47.5 Å². The van der Waals surface area contributed by atoms with E-state index < -0.39 is 0 Å². The molecule has 0 aliphatic carbocycles. The number of hydrogen-bond acceptors (Lipinski definition) is 4. The molecule has 1 aromatic carbocycles. The van der Waals surface area contributed by atoms with Gasteiger partial charge in [0.2, 0.25) is 0 Å². The molecule has 4 heteroatoms. The standard InChI is InChI=1S/C17H28N2O2/c1-3-16-14-19(9-10-21-12-11-20-2)17(13-18-16)15-7-5-4-6-8-15/h4-8,16-18H,3,9-14H2,1-2H3. The highest BCUT2D eigenvalue weighted by atomic mass is 16.5. The fraction of sp³-hybridized carbons (Fsp3) is 0.647. The molecule has 0 radical (unpaired) electrons. The number of benzene rings is 1. The number of ether oxygens (including phenoxy) is 2. The summed E-state index contributed by atoms with van der Waals surface area (Å²) in [5.74, 6) is 0. The van der Waals surface area contributed by atoms with E-state index in [4.69, 9.17) is 9.47 Å². The predicted octanol–water partition coefficient (Wildman–Crippen LogP) is 2.07. The van der Waals surface area contributed by atoms with Crippen LogP contribution in [-0.4, -0.2) is 57.5 Å². The smallest absolute Gasteiger partial charge is 0.0700 e. The van der Waals surface area contributed by atoms with E-state index >= 15 is 0 Å². The third kappa shape index (κ3) is 5.08. The summed E-state index contributed by atoms with van der Waals surface area (Å²) in [5, 5.41) is 3.66. The van der Waals surface area contributed by atoms with Gasteiger partial charge in [0.15, 0.2) is 0 Å². The molecule has 1 N–H and O–H groups in total. The highest BCUT2D eigenvalue weighted by Gasteiger charge is 2.27. The van der Waals surface area contributed by atoms with Crippen LogP contribution in [0.1, 0.15) is 24.9 Å². The number of rotatable bonds is 8. The molecule has 4 nitrogen and oxygen atoms in total. The lowest BCUT2D eigenvalue weighted by Crippen LogP contribution is -2.52. The molecule has 0 bridgehead atoms.